The number of carbonyl (C=O) groups is 3. The average Bonchev–Trinajstić information content (AvgIpc) is 2.88. The van der Waals surface area contributed by atoms with E-state index in [0.717, 1.165) is 64.2 Å². The highest BCUT2D eigenvalue weighted by atomic mass is 16.2. The van der Waals surface area contributed by atoms with Crippen LogP contribution in [0.2, 0.25) is 0 Å². The van der Waals surface area contributed by atoms with Gasteiger partial charge in [-0.1, -0.05) is 74.9 Å². The lowest BCUT2D eigenvalue weighted by Gasteiger charge is -2.45. The van der Waals surface area contributed by atoms with Crippen molar-refractivity contribution in [2.24, 2.45) is 0 Å². The first kappa shape index (κ1) is 21.9. The Morgan fingerprint density at radius 3 is 2.06 bits per heavy atom. The summed E-state index contributed by atoms with van der Waals surface area (Å²) in [5.41, 5.74) is 1.83. The fourth-order valence-electron chi connectivity index (χ4n) is 5.96. The Bertz CT molecular complexity index is 1020. The normalized spacial score (nSPS) is 22.2. The number of imide groups is 1. The quantitative estimate of drug-likeness (QED) is 0.584. The van der Waals surface area contributed by atoms with Crippen molar-refractivity contribution in [3.8, 4) is 0 Å². The van der Waals surface area contributed by atoms with Crippen LogP contribution in [0.3, 0.4) is 0 Å². The molecule has 0 N–H and O–H groups in total. The van der Waals surface area contributed by atoms with Crippen LogP contribution in [0.4, 0.5) is 0 Å². The lowest BCUT2D eigenvalue weighted by molar-refractivity contribution is -0.138. The minimum atomic E-state index is -0.753. The largest absolute Gasteiger partial charge is 0.319 e. The van der Waals surface area contributed by atoms with E-state index < -0.39 is 6.04 Å². The molecule has 0 spiro atoms. The van der Waals surface area contributed by atoms with E-state index >= 15 is 0 Å². The smallest absolute Gasteiger partial charge is 0.261 e. The number of rotatable bonds is 4. The molecule has 0 bridgehead atoms. The summed E-state index contributed by atoms with van der Waals surface area (Å²) >= 11 is 0. The zero-order valence-corrected chi connectivity index (χ0v) is 19.1. The van der Waals surface area contributed by atoms with Crippen molar-refractivity contribution in [3.63, 3.8) is 0 Å². The van der Waals surface area contributed by atoms with Crippen molar-refractivity contribution in [3.05, 3.63) is 71.3 Å². The van der Waals surface area contributed by atoms with Gasteiger partial charge in [-0.3, -0.25) is 19.3 Å². The Hall–Kier alpha value is -2.95. The molecule has 2 aliphatic carbocycles. The van der Waals surface area contributed by atoms with Gasteiger partial charge in [0, 0.05) is 23.2 Å². The second-order valence-corrected chi connectivity index (χ2v) is 9.67. The average molecular weight is 445 g/mol. The molecule has 2 fully saturated rings. The molecule has 5 heteroatoms. The molecule has 3 amide bonds. The van der Waals surface area contributed by atoms with Crippen molar-refractivity contribution in [1.82, 2.24) is 9.80 Å². The molecule has 172 valence electrons. The number of amides is 3. The van der Waals surface area contributed by atoms with Gasteiger partial charge in [0.1, 0.15) is 6.04 Å². The van der Waals surface area contributed by atoms with Crippen LogP contribution in [0.5, 0.6) is 0 Å². The van der Waals surface area contributed by atoms with E-state index in [2.05, 4.69) is 0 Å². The number of fused-ring (bicyclic) bond motifs is 1. The van der Waals surface area contributed by atoms with Crippen LogP contribution in [-0.2, 0) is 4.79 Å². The maximum absolute atomic E-state index is 14.1. The van der Waals surface area contributed by atoms with E-state index in [1.807, 2.05) is 59.5 Å². The molecule has 2 aromatic carbocycles. The molecule has 1 unspecified atom stereocenters. The van der Waals surface area contributed by atoms with E-state index in [9.17, 15) is 14.4 Å². The second kappa shape index (κ2) is 9.50. The molecule has 0 saturated heterocycles. The highest BCUT2D eigenvalue weighted by Gasteiger charge is 2.47. The van der Waals surface area contributed by atoms with Crippen molar-refractivity contribution in [2.75, 3.05) is 0 Å². The molecule has 2 aromatic rings. The van der Waals surface area contributed by atoms with Gasteiger partial charge < -0.3 is 4.90 Å². The summed E-state index contributed by atoms with van der Waals surface area (Å²) in [4.78, 5) is 44.9. The molecule has 3 aliphatic rings. The molecule has 33 heavy (non-hydrogen) atoms. The Balaban J connectivity index is 1.61. The third kappa shape index (κ3) is 4.09. The number of nitrogens with zero attached hydrogens (tertiary/aromatic N) is 2. The minimum absolute atomic E-state index is 0.00475. The summed E-state index contributed by atoms with van der Waals surface area (Å²) in [5, 5.41) is 0. The third-order valence-corrected chi connectivity index (χ3v) is 7.62. The molecular formula is C28H32N2O3. The molecule has 5 rings (SSSR count). The summed E-state index contributed by atoms with van der Waals surface area (Å²) in [6.07, 6.45) is 9.95. The zero-order valence-electron chi connectivity index (χ0n) is 19.1. The molecule has 2 saturated carbocycles. The highest BCUT2D eigenvalue weighted by molar-refractivity contribution is 6.13. The van der Waals surface area contributed by atoms with Gasteiger partial charge in [-0.15, -0.1) is 0 Å². The predicted molar refractivity (Wildman–Crippen MR) is 127 cm³/mol. The number of benzene rings is 2. The Morgan fingerprint density at radius 1 is 0.758 bits per heavy atom. The van der Waals surface area contributed by atoms with Crippen LogP contribution in [0.15, 0.2) is 54.6 Å². The predicted octanol–water partition coefficient (Wildman–Crippen LogP) is 5.52. The molecule has 0 radical (unpaired) electrons. The van der Waals surface area contributed by atoms with Crippen molar-refractivity contribution >= 4 is 17.7 Å². The van der Waals surface area contributed by atoms with Gasteiger partial charge in [0.25, 0.3) is 17.7 Å². The first-order valence-corrected chi connectivity index (χ1v) is 12.5. The van der Waals surface area contributed by atoms with Crippen LogP contribution in [-0.4, -0.2) is 39.6 Å². The molecule has 1 atom stereocenters. The maximum Gasteiger partial charge on any atom is 0.261 e. The Kier molecular flexibility index (Phi) is 6.30. The third-order valence-electron chi connectivity index (χ3n) is 7.62. The highest BCUT2D eigenvalue weighted by Crippen LogP contribution is 2.39. The second-order valence-electron chi connectivity index (χ2n) is 9.67. The molecule has 5 nitrogen and oxygen atoms in total. The van der Waals surface area contributed by atoms with Gasteiger partial charge in [-0.25, -0.2) is 0 Å². The molecule has 0 aromatic heterocycles. The van der Waals surface area contributed by atoms with E-state index in [1.54, 1.807) is 0 Å². The fourth-order valence-corrected chi connectivity index (χ4v) is 5.96. The van der Waals surface area contributed by atoms with Crippen molar-refractivity contribution in [2.45, 2.75) is 82.3 Å². The van der Waals surface area contributed by atoms with Crippen LogP contribution in [0.25, 0.3) is 0 Å². The fraction of sp³-hybridized carbons (Fsp3) is 0.464. The standard InChI is InChI=1S/C28H32N2O3/c31-26(20-12-4-1-5-13-20)29(21-14-6-2-7-15-21)25-23-18-10-11-19-24(23)27(32)30(28(25)33)22-16-8-3-9-17-22/h1,4-5,10-13,18-19,21-22,25H,2-3,6-9,14-17H2. The SMILES string of the molecule is O=C1c2ccccc2C(N(C(=O)c2ccccc2)C2CCCCC2)C(=O)N1C1CCCCC1. The number of hydrogen-bond acceptors (Lipinski definition) is 3. The van der Waals surface area contributed by atoms with Gasteiger partial charge in [0.15, 0.2) is 0 Å². The molecule has 1 heterocycles. The van der Waals surface area contributed by atoms with Crippen molar-refractivity contribution < 1.29 is 14.4 Å². The monoisotopic (exact) mass is 444 g/mol. The lowest BCUT2D eigenvalue weighted by atomic mass is 9.85. The summed E-state index contributed by atoms with van der Waals surface area (Å²) < 4.78 is 0. The Morgan fingerprint density at radius 2 is 1.36 bits per heavy atom. The van der Waals surface area contributed by atoms with Gasteiger partial charge in [0.05, 0.1) is 0 Å². The maximum atomic E-state index is 14.1. The van der Waals surface area contributed by atoms with Crippen molar-refractivity contribution in [1.29, 1.82) is 0 Å². The van der Waals surface area contributed by atoms with Crippen LogP contribution in [0.1, 0.15) is 96.5 Å². The summed E-state index contributed by atoms with van der Waals surface area (Å²) in [5.74, 6) is -0.538. The van der Waals surface area contributed by atoms with Crippen LogP contribution < -0.4 is 0 Å². The Labute approximate surface area is 195 Å². The zero-order chi connectivity index (χ0) is 22.8. The number of hydrogen-bond donors (Lipinski definition) is 0. The van der Waals surface area contributed by atoms with Gasteiger partial charge in [-0.05, 0) is 49.4 Å². The van der Waals surface area contributed by atoms with E-state index in [-0.39, 0.29) is 29.8 Å². The van der Waals surface area contributed by atoms with E-state index in [1.165, 1.54) is 4.90 Å². The van der Waals surface area contributed by atoms with Gasteiger partial charge >= 0.3 is 0 Å². The first-order valence-electron chi connectivity index (χ1n) is 12.5. The first-order chi connectivity index (χ1) is 16.2. The lowest BCUT2D eigenvalue weighted by Crippen LogP contribution is -2.57. The summed E-state index contributed by atoms with van der Waals surface area (Å²) in [6.45, 7) is 0. The van der Waals surface area contributed by atoms with Gasteiger partial charge in [0.2, 0.25) is 0 Å². The summed E-state index contributed by atoms with van der Waals surface area (Å²) in [6, 6.07) is 15.8. The van der Waals surface area contributed by atoms with Crippen LogP contribution >= 0.6 is 0 Å². The van der Waals surface area contributed by atoms with Crippen LogP contribution in [0, 0.1) is 0 Å². The van der Waals surface area contributed by atoms with E-state index in [4.69, 9.17) is 0 Å². The molecule has 1 aliphatic heterocycles. The minimum Gasteiger partial charge on any atom is -0.319 e. The summed E-state index contributed by atoms with van der Waals surface area (Å²) in [7, 11) is 0. The number of carbonyl (C=O) groups excluding carboxylic acids is 3. The topological polar surface area (TPSA) is 57.7 Å². The molecular weight excluding hydrogens is 412 g/mol. The van der Waals surface area contributed by atoms with Gasteiger partial charge in [-0.2, -0.15) is 0 Å². The van der Waals surface area contributed by atoms with E-state index in [0.29, 0.717) is 16.7 Å².